The molecule has 23 heavy (non-hydrogen) atoms. The smallest absolute Gasteiger partial charge is 0.261 e. The van der Waals surface area contributed by atoms with Crippen LogP contribution >= 0.6 is 0 Å². The molecule has 2 heterocycles. The van der Waals surface area contributed by atoms with Crippen molar-refractivity contribution in [3.05, 3.63) is 47.1 Å². The number of halogens is 1. The highest BCUT2D eigenvalue weighted by Gasteiger charge is 2.32. The minimum Gasteiger partial charge on any atom is -0.481 e. The maximum Gasteiger partial charge on any atom is 0.261 e. The highest BCUT2D eigenvalue weighted by Crippen LogP contribution is 2.32. The fraction of sp³-hybridized carbons (Fsp3) is 0.412. The lowest BCUT2D eigenvalue weighted by atomic mass is 10.1. The monoisotopic (exact) mass is 318 g/mol. The van der Waals surface area contributed by atoms with Gasteiger partial charge < -0.3 is 14.2 Å². The van der Waals surface area contributed by atoms with Crippen LogP contribution in [0.25, 0.3) is 0 Å². The molecule has 1 unspecified atom stereocenters. The number of ether oxygens (including phenoxy) is 1. The first-order chi connectivity index (χ1) is 11.0. The normalized spacial score (nSPS) is 17.5. The number of aromatic nitrogens is 1. The van der Waals surface area contributed by atoms with E-state index in [4.69, 9.17) is 9.26 Å². The number of hydrogen-bond donors (Lipinski definition) is 0. The van der Waals surface area contributed by atoms with Crippen molar-refractivity contribution < 1.29 is 18.4 Å². The van der Waals surface area contributed by atoms with Gasteiger partial charge in [0.15, 0.2) is 23.9 Å². The summed E-state index contributed by atoms with van der Waals surface area (Å²) in [5, 5.41) is 3.88. The summed E-state index contributed by atoms with van der Waals surface area (Å²) in [5.74, 6) is 0.148. The largest absolute Gasteiger partial charge is 0.481 e. The molecule has 5 nitrogen and oxygen atoms in total. The van der Waals surface area contributed by atoms with Gasteiger partial charge in [0.2, 0.25) is 0 Å². The van der Waals surface area contributed by atoms with Gasteiger partial charge in [-0.25, -0.2) is 4.39 Å². The number of benzene rings is 1. The van der Waals surface area contributed by atoms with E-state index in [-0.39, 0.29) is 24.3 Å². The van der Waals surface area contributed by atoms with Crippen molar-refractivity contribution in [2.75, 3.05) is 13.2 Å². The highest BCUT2D eigenvalue weighted by molar-refractivity contribution is 5.78. The molecule has 1 saturated heterocycles. The predicted molar refractivity (Wildman–Crippen MR) is 81.6 cm³/mol. The second kappa shape index (κ2) is 6.40. The fourth-order valence-corrected chi connectivity index (χ4v) is 2.84. The number of carbonyl (C=O) groups excluding carboxylic acids is 1. The maximum absolute atomic E-state index is 13.7. The van der Waals surface area contributed by atoms with E-state index in [0.717, 1.165) is 24.1 Å². The Balaban J connectivity index is 1.66. The molecule has 1 aromatic heterocycles. The third-order valence-corrected chi connectivity index (χ3v) is 3.99. The van der Waals surface area contributed by atoms with Crippen molar-refractivity contribution >= 4 is 5.91 Å². The van der Waals surface area contributed by atoms with Gasteiger partial charge in [0.1, 0.15) is 0 Å². The maximum atomic E-state index is 13.7. The molecule has 6 heteroatoms. The first-order valence-electron chi connectivity index (χ1n) is 7.66. The highest BCUT2D eigenvalue weighted by atomic mass is 19.1. The van der Waals surface area contributed by atoms with Crippen LogP contribution in [0.3, 0.4) is 0 Å². The van der Waals surface area contributed by atoms with Gasteiger partial charge in [-0.2, -0.15) is 0 Å². The van der Waals surface area contributed by atoms with E-state index < -0.39 is 5.82 Å². The molecule has 1 amide bonds. The van der Waals surface area contributed by atoms with E-state index >= 15 is 0 Å². The summed E-state index contributed by atoms with van der Waals surface area (Å²) < 4.78 is 24.3. The molecule has 1 atom stereocenters. The molecule has 1 aliphatic heterocycles. The quantitative estimate of drug-likeness (QED) is 0.869. The molecular formula is C17H19FN2O3. The molecule has 0 bridgehead atoms. The van der Waals surface area contributed by atoms with Crippen LogP contribution < -0.4 is 4.74 Å². The van der Waals surface area contributed by atoms with Crippen LogP contribution in [0, 0.1) is 19.7 Å². The third-order valence-electron chi connectivity index (χ3n) is 3.99. The lowest BCUT2D eigenvalue weighted by Crippen LogP contribution is -2.34. The average molecular weight is 318 g/mol. The molecule has 0 radical (unpaired) electrons. The van der Waals surface area contributed by atoms with Gasteiger partial charge in [0, 0.05) is 12.6 Å². The molecule has 0 aliphatic carbocycles. The first-order valence-corrected chi connectivity index (χ1v) is 7.66. The van der Waals surface area contributed by atoms with Crippen molar-refractivity contribution in [2.24, 2.45) is 0 Å². The van der Waals surface area contributed by atoms with Gasteiger partial charge >= 0.3 is 0 Å². The van der Waals surface area contributed by atoms with Crippen LogP contribution in [0.5, 0.6) is 5.75 Å². The first kappa shape index (κ1) is 15.5. The summed E-state index contributed by atoms with van der Waals surface area (Å²) in [7, 11) is 0. The number of amides is 1. The molecule has 1 aromatic carbocycles. The van der Waals surface area contributed by atoms with Crippen molar-refractivity contribution in [3.8, 4) is 5.75 Å². The zero-order chi connectivity index (χ0) is 16.4. The Morgan fingerprint density at radius 3 is 3.00 bits per heavy atom. The Morgan fingerprint density at radius 1 is 1.43 bits per heavy atom. The van der Waals surface area contributed by atoms with Crippen LogP contribution in [0.2, 0.25) is 0 Å². The standard InChI is InChI=1S/C17H19FN2O3/c1-11-5-6-13(18)15(8-11)22-10-17(21)20-7-3-4-14(20)16-9-12(2)19-23-16/h5-6,8-9,14H,3-4,7,10H2,1-2H3. The van der Waals surface area contributed by atoms with Gasteiger partial charge in [-0.3, -0.25) is 4.79 Å². The SMILES string of the molecule is Cc1ccc(F)c(OCC(=O)N2CCCC2c2cc(C)no2)c1. The van der Waals surface area contributed by atoms with E-state index in [1.54, 1.807) is 17.0 Å². The number of aryl methyl sites for hydroxylation is 2. The predicted octanol–water partition coefficient (Wildman–Crippen LogP) is 3.17. The Morgan fingerprint density at radius 2 is 2.26 bits per heavy atom. The molecule has 1 aliphatic rings. The third kappa shape index (κ3) is 3.36. The zero-order valence-corrected chi connectivity index (χ0v) is 13.2. The van der Waals surface area contributed by atoms with E-state index in [1.807, 2.05) is 19.9 Å². The molecule has 0 spiro atoms. The number of hydrogen-bond acceptors (Lipinski definition) is 4. The van der Waals surface area contributed by atoms with Crippen molar-refractivity contribution in [1.29, 1.82) is 0 Å². The van der Waals surface area contributed by atoms with Gasteiger partial charge in [0.05, 0.1) is 11.7 Å². The summed E-state index contributed by atoms with van der Waals surface area (Å²) >= 11 is 0. The van der Waals surface area contributed by atoms with Crippen LogP contribution in [0.4, 0.5) is 4.39 Å². The van der Waals surface area contributed by atoms with E-state index in [0.29, 0.717) is 12.3 Å². The second-order valence-corrected chi connectivity index (χ2v) is 5.84. The van der Waals surface area contributed by atoms with Crippen LogP contribution in [-0.2, 0) is 4.79 Å². The van der Waals surface area contributed by atoms with Gasteiger partial charge in [0.25, 0.3) is 5.91 Å². The Kier molecular flexibility index (Phi) is 4.32. The van der Waals surface area contributed by atoms with Crippen LogP contribution in [0.15, 0.2) is 28.8 Å². The van der Waals surface area contributed by atoms with Gasteiger partial charge in [-0.1, -0.05) is 11.2 Å². The minimum atomic E-state index is -0.466. The van der Waals surface area contributed by atoms with Crippen LogP contribution in [0.1, 0.15) is 35.9 Å². The van der Waals surface area contributed by atoms with Gasteiger partial charge in [-0.05, 0) is 44.4 Å². The number of likely N-dealkylation sites (tertiary alicyclic amines) is 1. The summed E-state index contributed by atoms with van der Waals surface area (Å²) in [6, 6.07) is 6.31. The summed E-state index contributed by atoms with van der Waals surface area (Å²) in [6.07, 6.45) is 1.73. The minimum absolute atomic E-state index is 0.101. The van der Waals surface area contributed by atoms with E-state index in [1.165, 1.54) is 6.07 Å². The Labute approximate surface area is 134 Å². The van der Waals surface area contributed by atoms with Gasteiger partial charge in [-0.15, -0.1) is 0 Å². The van der Waals surface area contributed by atoms with Crippen LogP contribution in [-0.4, -0.2) is 29.1 Å². The number of nitrogens with zero attached hydrogens (tertiary/aromatic N) is 2. The van der Waals surface area contributed by atoms with E-state index in [2.05, 4.69) is 5.16 Å². The number of rotatable bonds is 4. The topological polar surface area (TPSA) is 55.6 Å². The lowest BCUT2D eigenvalue weighted by molar-refractivity contribution is -0.134. The fourth-order valence-electron chi connectivity index (χ4n) is 2.84. The average Bonchev–Trinajstić information content (AvgIpc) is 3.16. The molecule has 2 aromatic rings. The lowest BCUT2D eigenvalue weighted by Gasteiger charge is -2.22. The van der Waals surface area contributed by atoms with Crippen molar-refractivity contribution in [2.45, 2.75) is 32.7 Å². The van der Waals surface area contributed by atoms with Crippen molar-refractivity contribution in [3.63, 3.8) is 0 Å². The molecule has 0 N–H and O–H groups in total. The number of carbonyl (C=O) groups is 1. The van der Waals surface area contributed by atoms with Crippen molar-refractivity contribution in [1.82, 2.24) is 10.1 Å². The molecule has 1 fully saturated rings. The molecular weight excluding hydrogens is 299 g/mol. The second-order valence-electron chi connectivity index (χ2n) is 5.84. The van der Waals surface area contributed by atoms with E-state index in [9.17, 15) is 9.18 Å². The molecule has 3 rings (SSSR count). The molecule has 0 saturated carbocycles. The Bertz CT molecular complexity index is 714. The summed E-state index contributed by atoms with van der Waals surface area (Å²) in [4.78, 5) is 14.1. The summed E-state index contributed by atoms with van der Waals surface area (Å²) in [5.41, 5.74) is 1.67. The Hall–Kier alpha value is -2.37. The summed E-state index contributed by atoms with van der Waals surface area (Å²) in [6.45, 7) is 4.14. The zero-order valence-electron chi connectivity index (χ0n) is 13.2. The molecule has 122 valence electrons.